The first kappa shape index (κ1) is 14.0. The summed E-state index contributed by atoms with van der Waals surface area (Å²) in [6.45, 7) is 2.42. The van der Waals surface area contributed by atoms with Gasteiger partial charge < -0.3 is 14.6 Å². The molecule has 0 aliphatic carbocycles. The van der Waals surface area contributed by atoms with Crippen LogP contribution >= 0.6 is 0 Å². The van der Waals surface area contributed by atoms with E-state index < -0.39 is 26.7 Å². The molecular formula is C11H16N2O5S. The van der Waals surface area contributed by atoms with Gasteiger partial charge in [0.2, 0.25) is 5.91 Å². The number of amides is 1. The van der Waals surface area contributed by atoms with Crippen molar-refractivity contribution in [2.24, 2.45) is 0 Å². The third kappa shape index (κ3) is 3.77. The molecule has 0 bridgehead atoms. The number of hydrogen-bond acceptors (Lipinski definition) is 6. The summed E-state index contributed by atoms with van der Waals surface area (Å²) in [5.41, 5.74) is 0. The fraction of sp³-hybridized carbons (Fsp3) is 0.636. The highest BCUT2D eigenvalue weighted by Gasteiger charge is 2.30. The van der Waals surface area contributed by atoms with Crippen LogP contribution in [0.15, 0.2) is 10.6 Å². The van der Waals surface area contributed by atoms with E-state index in [1.165, 1.54) is 6.07 Å². The van der Waals surface area contributed by atoms with Crippen molar-refractivity contribution in [3.8, 4) is 0 Å². The van der Waals surface area contributed by atoms with Crippen molar-refractivity contribution in [2.45, 2.75) is 25.0 Å². The molecule has 2 rings (SSSR count). The average molecular weight is 288 g/mol. The Kier molecular flexibility index (Phi) is 4.20. The number of nitrogens with one attached hydrogen (secondary N) is 1. The van der Waals surface area contributed by atoms with Crippen molar-refractivity contribution >= 4 is 21.6 Å². The van der Waals surface area contributed by atoms with E-state index in [1.807, 2.05) is 0 Å². The van der Waals surface area contributed by atoms with Gasteiger partial charge in [0.25, 0.3) is 0 Å². The largest absolute Gasteiger partial charge is 0.380 e. The van der Waals surface area contributed by atoms with Gasteiger partial charge in [0.1, 0.15) is 11.5 Å². The lowest BCUT2D eigenvalue weighted by Crippen LogP contribution is -2.36. The Morgan fingerprint density at radius 3 is 2.95 bits per heavy atom. The summed E-state index contributed by atoms with van der Waals surface area (Å²) in [4.78, 5) is 11.7. The lowest BCUT2D eigenvalue weighted by molar-refractivity contribution is -0.113. The van der Waals surface area contributed by atoms with Gasteiger partial charge in [-0.1, -0.05) is 5.16 Å². The number of ether oxygens (including phenoxy) is 1. The van der Waals surface area contributed by atoms with E-state index in [2.05, 4.69) is 10.5 Å². The Labute approximate surface area is 111 Å². The number of nitrogens with zero attached hydrogens (tertiary/aromatic N) is 1. The standard InChI is InChI=1S/C11H16N2O5S/c1-8-5-10(13-18-8)12-11(14)7-19(15,16)9-3-2-4-17-6-9/h5,9H,2-4,6-7H2,1H3,(H,12,13,14). The average Bonchev–Trinajstić information content (AvgIpc) is 2.75. The van der Waals surface area contributed by atoms with Gasteiger partial charge in [-0.15, -0.1) is 0 Å². The molecule has 1 N–H and O–H groups in total. The lowest BCUT2D eigenvalue weighted by atomic mass is 10.2. The maximum Gasteiger partial charge on any atom is 0.240 e. The predicted octanol–water partition coefficient (Wildman–Crippen LogP) is 0.515. The van der Waals surface area contributed by atoms with Gasteiger partial charge in [0.15, 0.2) is 15.7 Å². The summed E-state index contributed by atoms with van der Waals surface area (Å²) < 4.78 is 33.9. The second kappa shape index (κ2) is 5.70. The van der Waals surface area contributed by atoms with Crippen LogP contribution in [0.2, 0.25) is 0 Å². The Bertz CT molecular complexity index is 545. The molecule has 1 aromatic rings. The van der Waals surface area contributed by atoms with E-state index in [-0.39, 0.29) is 12.4 Å². The molecule has 0 saturated carbocycles. The lowest BCUT2D eigenvalue weighted by Gasteiger charge is -2.21. The topological polar surface area (TPSA) is 98.5 Å². The monoisotopic (exact) mass is 288 g/mol. The molecule has 1 amide bonds. The minimum atomic E-state index is -3.49. The number of sulfone groups is 1. The van der Waals surface area contributed by atoms with E-state index in [1.54, 1.807) is 6.92 Å². The van der Waals surface area contributed by atoms with Gasteiger partial charge in [-0.05, 0) is 19.8 Å². The molecule has 0 radical (unpaired) electrons. The van der Waals surface area contributed by atoms with Gasteiger partial charge in [-0.2, -0.15) is 0 Å². The maximum absolute atomic E-state index is 12.0. The molecule has 2 heterocycles. The summed E-state index contributed by atoms with van der Waals surface area (Å²) in [7, 11) is -3.49. The van der Waals surface area contributed by atoms with Gasteiger partial charge in [0.05, 0.1) is 11.9 Å². The molecule has 1 aromatic heterocycles. The van der Waals surface area contributed by atoms with Gasteiger partial charge in [-0.25, -0.2) is 8.42 Å². The predicted molar refractivity (Wildman–Crippen MR) is 67.5 cm³/mol. The van der Waals surface area contributed by atoms with E-state index in [0.29, 0.717) is 25.2 Å². The highest BCUT2D eigenvalue weighted by molar-refractivity contribution is 7.92. The van der Waals surface area contributed by atoms with E-state index in [0.717, 1.165) is 0 Å². The van der Waals surface area contributed by atoms with Gasteiger partial charge in [0, 0.05) is 12.7 Å². The summed E-state index contributed by atoms with van der Waals surface area (Å²) in [5.74, 6) is -0.414. The highest BCUT2D eigenvalue weighted by atomic mass is 32.2. The van der Waals surface area contributed by atoms with Crippen molar-refractivity contribution in [1.29, 1.82) is 0 Å². The maximum atomic E-state index is 12.0. The van der Waals surface area contributed by atoms with Crippen molar-refractivity contribution in [3.05, 3.63) is 11.8 Å². The minimum absolute atomic E-state index is 0.165. The zero-order valence-electron chi connectivity index (χ0n) is 10.6. The molecule has 19 heavy (non-hydrogen) atoms. The first-order valence-corrected chi connectivity index (χ1v) is 7.71. The Morgan fingerprint density at radius 1 is 1.58 bits per heavy atom. The van der Waals surface area contributed by atoms with Crippen molar-refractivity contribution < 1.29 is 22.5 Å². The smallest absolute Gasteiger partial charge is 0.240 e. The number of carbonyl (C=O) groups is 1. The van der Waals surface area contributed by atoms with Crippen molar-refractivity contribution in [3.63, 3.8) is 0 Å². The van der Waals surface area contributed by atoms with Crippen LogP contribution in [0.3, 0.4) is 0 Å². The highest BCUT2D eigenvalue weighted by Crippen LogP contribution is 2.16. The second-order valence-electron chi connectivity index (χ2n) is 4.52. The van der Waals surface area contributed by atoms with Crippen LogP contribution in [0.5, 0.6) is 0 Å². The molecule has 1 aliphatic rings. The molecule has 1 fully saturated rings. The fourth-order valence-electron chi connectivity index (χ4n) is 1.90. The number of carbonyl (C=O) groups excluding carboxylic acids is 1. The second-order valence-corrected chi connectivity index (χ2v) is 6.80. The number of rotatable bonds is 4. The third-order valence-electron chi connectivity index (χ3n) is 2.85. The molecule has 1 atom stereocenters. The summed E-state index contributed by atoms with van der Waals surface area (Å²) >= 11 is 0. The molecule has 0 aromatic carbocycles. The first-order chi connectivity index (χ1) is 8.97. The first-order valence-electron chi connectivity index (χ1n) is 6.00. The Balaban J connectivity index is 1.93. The van der Waals surface area contributed by atoms with Crippen LogP contribution in [0.1, 0.15) is 18.6 Å². The van der Waals surface area contributed by atoms with Crippen LogP contribution in [-0.2, 0) is 19.4 Å². The fourth-order valence-corrected chi connectivity index (χ4v) is 3.40. The van der Waals surface area contributed by atoms with Crippen LogP contribution < -0.4 is 5.32 Å². The molecule has 106 valence electrons. The summed E-state index contributed by atoms with van der Waals surface area (Å²) in [5, 5.41) is 5.37. The molecule has 7 nitrogen and oxygen atoms in total. The summed E-state index contributed by atoms with van der Waals surface area (Å²) in [6.07, 6.45) is 1.24. The molecule has 1 aliphatic heterocycles. The van der Waals surface area contributed by atoms with Crippen LogP contribution in [0.4, 0.5) is 5.82 Å². The molecule has 0 spiro atoms. The summed E-state index contributed by atoms with van der Waals surface area (Å²) in [6, 6.07) is 1.52. The molecule has 8 heteroatoms. The zero-order valence-corrected chi connectivity index (χ0v) is 11.4. The SMILES string of the molecule is Cc1cc(NC(=O)CS(=O)(=O)C2CCCOC2)no1. The van der Waals surface area contributed by atoms with Crippen molar-refractivity contribution in [2.75, 3.05) is 24.3 Å². The number of aromatic nitrogens is 1. The van der Waals surface area contributed by atoms with E-state index in [9.17, 15) is 13.2 Å². The van der Waals surface area contributed by atoms with Crippen LogP contribution in [0, 0.1) is 6.92 Å². The van der Waals surface area contributed by atoms with Crippen molar-refractivity contribution in [1.82, 2.24) is 5.16 Å². The van der Waals surface area contributed by atoms with E-state index >= 15 is 0 Å². The minimum Gasteiger partial charge on any atom is -0.380 e. The molecular weight excluding hydrogens is 272 g/mol. The number of hydrogen-bond donors (Lipinski definition) is 1. The third-order valence-corrected chi connectivity index (χ3v) is 4.91. The van der Waals surface area contributed by atoms with Crippen LogP contribution in [-0.4, -0.2) is 43.7 Å². The quantitative estimate of drug-likeness (QED) is 0.867. The van der Waals surface area contributed by atoms with Crippen LogP contribution in [0.25, 0.3) is 0 Å². The van der Waals surface area contributed by atoms with Gasteiger partial charge >= 0.3 is 0 Å². The van der Waals surface area contributed by atoms with E-state index in [4.69, 9.17) is 9.26 Å². The Hall–Kier alpha value is -1.41. The molecule has 1 saturated heterocycles. The number of aryl methyl sites for hydroxylation is 1. The molecule has 1 unspecified atom stereocenters. The number of anilines is 1. The van der Waals surface area contributed by atoms with Gasteiger partial charge in [-0.3, -0.25) is 4.79 Å². The normalized spacial score (nSPS) is 20.2. The zero-order chi connectivity index (χ0) is 13.9. The Morgan fingerprint density at radius 2 is 2.37 bits per heavy atom.